The molecular formula is C20H18BrN3O2. The van der Waals surface area contributed by atoms with Crippen molar-refractivity contribution < 1.29 is 9.59 Å². The summed E-state index contributed by atoms with van der Waals surface area (Å²) in [6.07, 6.45) is 0. The third kappa shape index (κ3) is 4.21. The standard InChI is InChI=1S/C20H18BrN3O2/c1-24(16-11-10-14-6-2-3-7-15(14)12-16)13-19(25)22-23-20(26)17-8-4-5-9-18(17)21/h2-12H,13H2,1H3,(H,22,25)(H,23,26). The Kier molecular flexibility index (Phi) is 5.53. The van der Waals surface area contributed by atoms with E-state index in [0.717, 1.165) is 16.5 Å². The predicted molar refractivity (Wildman–Crippen MR) is 107 cm³/mol. The molecule has 0 bridgehead atoms. The smallest absolute Gasteiger partial charge is 0.270 e. The number of nitrogens with one attached hydrogen (secondary N) is 2. The number of benzene rings is 3. The zero-order valence-electron chi connectivity index (χ0n) is 14.2. The summed E-state index contributed by atoms with van der Waals surface area (Å²) < 4.78 is 0.667. The molecule has 0 fully saturated rings. The van der Waals surface area contributed by atoms with E-state index in [2.05, 4.69) is 26.8 Å². The zero-order valence-corrected chi connectivity index (χ0v) is 15.8. The maximum absolute atomic E-state index is 12.1. The van der Waals surface area contributed by atoms with Crippen LogP contribution in [0.4, 0.5) is 5.69 Å². The van der Waals surface area contributed by atoms with Crippen molar-refractivity contribution in [2.75, 3.05) is 18.5 Å². The van der Waals surface area contributed by atoms with E-state index in [1.165, 1.54) is 0 Å². The first-order valence-corrected chi connectivity index (χ1v) is 8.87. The second-order valence-electron chi connectivity index (χ2n) is 5.87. The molecule has 0 atom stereocenters. The SMILES string of the molecule is CN(CC(=O)NNC(=O)c1ccccc1Br)c1ccc2ccccc2c1. The number of nitrogens with zero attached hydrogens (tertiary/aromatic N) is 1. The van der Waals surface area contributed by atoms with Gasteiger partial charge < -0.3 is 4.90 Å². The Bertz CT molecular complexity index is 958. The summed E-state index contributed by atoms with van der Waals surface area (Å²) in [5, 5.41) is 2.26. The largest absolute Gasteiger partial charge is 0.365 e. The molecule has 2 amide bonds. The lowest BCUT2D eigenvalue weighted by Gasteiger charge is -2.19. The van der Waals surface area contributed by atoms with Gasteiger partial charge in [-0.3, -0.25) is 20.4 Å². The molecule has 0 saturated carbocycles. The summed E-state index contributed by atoms with van der Waals surface area (Å²) in [6, 6.07) is 21.1. The molecule has 132 valence electrons. The van der Waals surface area contributed by atoms with Crippen LogP contribution < -0.4 is 15.8 Å². The fraction of sp³-hybridized carbons (Fsp3) is 0.100. The minimum Gasteiger partial charge on any atom is -0.365 e. The van der Waals surface area contributed by atoms with Crippen molar-refractivity contribution in [1.82, 2.24) is 10.9 Å². The first-order valence-electron chi connectivity index (χ1n) is 8.08. The van der Waals surface area contributed by atoms with Gasteiger partial charge in [0.15, 0.2) is 0 Å². The second kappa shape index (κ2) is 8.01. The van der Waals surface area contributed by atoms with E-state index in [-0.39, 0.29) is 18.4 Å². The average Bonchev–Trinajstić information content (AvgIpc) is 2.66. The number of anilines is 1. The third-order valence-electron chi connectivity index (χ3n) is 3.99. The first-order chi connectivity index (χ1) is 12.5. The monoisotopic (exact) mass is 411 g/mol. The molecule has 0 saturated heterocycles. The van der Waals surface area contributed by atoms with Crippen molar-refractivity contribution >= 4 is 44.2 Å². The number of carbonyl (C=O) groups excluding carboxylic acids is 2. The topological polar surface area (TPSA) is 61.4 Å². The van der Waals surface area contributed by atoms with Gasteiger partial charge in [-0.05, 0) is 51.0 Å². The van der Waals surface area contributed by atoms with Gasteiger partial charge in [-0.2, -0.15) is 0 Å². The van der Waals surface area contributed by atoms with Gasteiger partial charge in [-0.1, -0.05) is 42.5 Å². The molecule has 5 nitrogen and oxygen atoms in total. The predicted octanol–water partition coefficient (Wildman–Crippen LogP) is 3.50. The quantitative estimate of drug-likeness (QED) is 0.645. The molecule has 3 aromatic carbocycles. The molecule has 6 heteroatoms. The number of amides is 2. The molecular weight excluding hydrogens is 394 g/mol. The van der Waals surface area contributed by atoms with Crippen LogP contribution in [0.25, 0.3) is 10.8 Å². The molecule has 0 aliphatic rings. The highest BCUT2D eigenvalue weighted by Gasteiger charge is 2.12. The molecule has 2 N–H and O–H groups in total. The lowest BCUT2D eigenvalue weighted by Crippen LogP contribution is -2.46. The van der Waals surface area contributed by atoms with Crippen LogP contribution in [0.3, 0.4) is 0 Å². The number of halogens is 1. The Morgan fingerprint density at radius 2 is 1.62 bits per heavy atom. The molecule has 0 spiro atoms. The molecule has 0 radical (unpaired) electrons. The number of hydrogen-bond donors (Lipinski definition) is 2. The number of fused-ring (bicyclic) bond motifs is 1. The summed E-state index contributed by atoms with van der Waals surface area (Å²) in [4.78, 5) is 26.1. The Balaban J connectivity index is 1.58. The number of likely N-dealkylation sites (N-methyl/N-ethyl adjacent to an activating group) is 1. The minimum absolute atomic E-state index is 0.120. The molecule has 3 aromatic rings. The van der Waals surface area contributed by atoms with Gasteiger partial charge in [-0.25, -0.2) is 0 Å². The van der Waals surface area contributed by atoms with Crippen LogP contribution in [-0.2, 0) is 4.79 Å². The number of hydrazine groups is 1. The van der Waals surface area contributed by atoms with Crippen LogP contribution in [0.15, 0.2) is 71.2 Å². The summed E-state index contributed by atoms with van der Waals surface area (Å²) in [5.41, 5.74) is 6.26. The normalized spacial score (nSPS) is 10.4. The number of hydrogen-bond acceptors (Lipinski definition) is 3. The Hall–Kier alpha value is -2.86. The van der Waals surface area contributed by atoms with Gasteiger partial charge in [0.05, 0.1) is 12.1 Å². The van der Waals surface area contributed by atoms with E-state index in [9.17, 15) is 9.59 Å². The van der Waals surface area contributed by atoms with E-state index >= 15 is 0 Å². The van der Waals surface area contributed by atoms with Crippen molar-refractivity contribution in [1.29, 1.82) is 0 Å². The van der Waals surface area contributed by atoms with E-state index < -0.39 is 0 Å². The molecule has 0 aliphatic heterocycles. The lowest BCUT2D eigenvalue weighted by atomic mass is 10.1. The maximum atomic E-state index is 12.1. The molecule has 0 unspecified atom stereocenters. The highest BCUT2D eigenvalue weighted by Crippen LogP contribution is 2.21. The van der Waals surface area contributed by atoms with Crippen molar-refractivity contribution in [2.24, 2.45) is 0 Å². The molecule has 0 heterocycles. The van der Waals surface area contributed by atoms with Crippen LogP contribution in [0.2, 0.25) is 0 Å². The Labute approximate surface area is 160 Å². The van der Waals surface area contributed by atoms with Crippen LogP contribution in [0.1, 0.15) is 10.4 Å². The van der Waals surface area contributed by atoms with Gasteiger partial charge in [0, 0.05) is 17.2 Å². The van der Waals surface area contributed by atoms with Crippen molar-refractivity contribution in [2.45, 2.75) is 0 Å². The Morgan fingerprint density at radius 1 is 0.923 bits per heavy atom. The van der Waals surface area contributed by atoms with Gasteiger partial charge >= 0.3 is 0 Å². The fourth-order valence-corrected chi connectivity index (χ4v) is 3.06. The van der Waals surface area contributed by atoms with Gasteiger partial charge in [-0.15, -0.1) is 0 Å². The van der Waals surface area contributed by atoms with Crippen LogP contribution in [0.5, 0.6) is 0 Å². The van der Waals surface area contributed by atoms with E-state index in [1.54, 1.807) is 18.2 Å². The highest BCUT2D eigenvalue weighted by atomic mass is 79.9. The lowest BCUT2D eigenvalue weighted by molar-refractivity contribution is -0.120. The second-order valence-corrected chi connectivity index (χ2v) is 6.72. The van der Waals surface area contributed by atoms with E-state index in [4.69, 9.17) is 0 Å². The summed E-state index contributed by atoms with van der Waals surface area (Å²) in [7, 11) is 1.83. The highest BCUT2D eigenvalue weighted by molar-refractivity contribution is 9.10. The summed E-state index contributed by atoms with van der Waals surface area (Å²) >= 11 is 3.31. The van der Waals surface area contributed by atoms with Gasteiger partial charge in [0.2, 0.25) is 0 Å². The van der Waals surface area contributed by atoms with Crippen LogP contribution in [0, 0.1) is 0 Å². The van der Waals surface area contributed by atoms with Crippen molar-refractivity contribution in [3.8, 4) is 0 Å². The molecule has 26 heavy (non-hydrogen) atoms. The van der Waals surface area contributed by atoms with Crippen LogP contribution in [-0.4, -0.2) is 25.4 Å². The molecule has 0 aromatic heterocycles. The van der Waals surface area contributed by atoms with E-state index in [0.29, 0.717) is 10.0 Å². The van der Waals surface area contributed by atoms with Gasteiger partial charge in [0.1, 0.15) is 0 Å². The van der Waals surface area contributed by atoms with E-state index in [1.807, 2.05) is 60.5 Å². The fourth-order valence-electron chi connectivity index (χ4n) is 2.60. The minimum atomic E-state index is -0.376. The maximum Gasteiger partial charge on any atom is 0.270 e. The van der Waals surface area contributed by atoms with Crippen molar-refractivity contribution in [3.05, 3.63) is 76.8 Å². The summed E-state index contributed by atoms with van der Waals surface area (Å²) in [5.74, 6) is -0.680. The first kappa shape index (κ1) is 17.9. The molecule has 3 rings (SSSR count). The third-order valence-corrected chi connectivity index (χ3v) is 4.68. The Morgan fingerprint density at radius 3 is 2.38 bits per heavy atom. The number of rotatable bonds is 4. The zero-order chi connectivity index (χ0) is 18.5. The van der Waals surface area contributed by atoms with Gasteiger partial charge in [0.25, 0.3) is 11.8 Å². The number of carbonyl (C=O) groups is 2. The summed E-state index contributed by atoms with van der Waals surface area (Å²) in [6.45, 7) is 0.120. The molecule has 0 aliphatic carbocycles. The van der Waals surface area contributed by atoms with Crippen molar-refractivity contribution in [3.63, 3.8) is 0 Å². The average molecular weight is 412 g/mol. The van der Waals surface area contributed by atoms with Crippen LogP contribution >= 0.6 is 15.9 Å².